The molecule has 0 N–H and O–H groups in total. The molecule has 0 aromatic carbocycles. The van der Waals surface area contributed by atoms with E-state index in [2.05, 4.69) is 11.9 Å². The summed E-state index contributed by atoms with van der Waals surface area (Å²) in [6, 6.07) is 5.64. The van der Waals surface area contributed by atoms with Gasteiger partial charge in [-0.25, -0.2) is 6.92 Å². The van der Waals surface area contributed by atoms with Gasteiger partial charge in [0.05, 0.1) is 0 Å². The van der Waals surface area contributed by atoms with Crippen LogP contribution < -0.4 is 0 Å². The van der Waals surface area contributed by atoms with Crippen LogP contribution in [-0.2, 0) is 17.1 Å². The first-order valence-corrected chi connectivity index (χ1v) is 2.12. The first-order chi connectivity index (χ1) is 3.39. The third kappa shape index (κ3) is 2.01. The molecule has 1 heterocycles. The molecule has 8 heavy (non-hydrogen) atoms. The van der Waals surface area contributed by atoms with E-state index in [1.165, 1.54) is 0 Å². The standard InChI is InChI=1S/C6H6N.Cu/c1-6-4-2-3-5-7-6;/h2-5H,1H2;/q-1;+1. The predicted molar refractivity (Wildman–Crippen MR) is 28.7 cm³/mol. The fourth-order valence-corrected chi connectivity index (χ4v) is 0.398. The van der Waals surface area contributed by atoms with Gasteiger partial charge in [0.25, 0.3) is 0 Å². The van der Waals surface area contributed by atoms with Gasteiger partial charge in [-0.3, -0.25) is 4.98 Å². The number of hydrogen-bond acceptors (Lipinski definition) is 1. The van der Waals surface area contributed by atoms with Crippen molar-refractivity contribution in [3.05, 3.63) is 37.0 Å². The number of aromatic nitrogens is 1. The van der Waals surface area contributed by atoms with E-state index >= 15 is 0 Å². The molecule has 0 atom stereocenters. The predicted octanol–water partition coefficient (Wildman–Crippen LogP) is 1.26. The molecule has 0 bridgehead atoms. The van der Waals surface area contributed by atoms with Gasteiger partial charge < -0.3 is 0 Å². The summed E-state index contributed by atoms with van der Waals surface area (Å²) in [6.45, 7) is 3.61. The normalized spacial score (nSPS) is 7.50. The van der Waals surface area contributed by atoms with Crippen LogP contribution in [-0.4, -0.2) is 4.98 Å². The van der Waals surface area contributed by atoms with Gasteiger partial charge in [-0.2, -0.15) is 6.07 Å². The van der Waals surface area contributed by atoms with Crippen molar-refractivity contribution in [2.75, 3.05) is 0 Å². The fraction of sp³-hybridized carbons (Fsp3) is 0. The zero-order valence-corrected chi connectivity index (χ0v) is 5.21. The van der Waals surface area contributed by atoms with Crippen LogP contribution >= 0.6 is 0 Å². The van der Waals surface area contributed by atoms with Crippen LogP contribution in [0.15, 0.2) is 24.4 Å². The summed E-state index contributed by atoms with van der Waals surface area (Å²) in [5, 5.41) is 0. The first-order valence-electron chi connectivity index (χ1n) is 2.12. The smallest absolute Gasteiger partial charge is 0.296 e. The minimum atomic E-state index is 0. The Morgan fingerprint density at radius 1 is 1.38 bits per heavy atom. The quantitative estimate of drug-likeness (QED) is 0.406. The molecule has 0 saturated heterocycles. The Balaban J connectivity index is 0.000000490. The Morgan fingerprint density at radius 3 is 2.38 bits per heavy atom. The van der Waals surface area contributed by atoms with E-state index in [9.17, 15) is 0 Å². The maximum Gasteiger partial charge on any atom is 1.00 e. The van der Waals surface area contributed by atoms with Crippen molar-refractivity contribution in [2.24, 2.45) is 0 Å². The third-order valence-corrected chi connectivity index (χ3v) is 0.726. The molecule has 2 heteroatoms. The number of hydrogen-bond donors (Lipinski definition) is 0. The van der Waals surface area contributed by atoms with Crippen LogP contribution in [0.3, 0.4) is 0 Å². The molecule has 0 aliphatic heterocycles. The molecule has 1 nitrogen and oxygen atoms in total. The minimum absolute atomic E-state index is 0. The van der Waals surface area contributed by atoms with Gasteiger partial charge >= 0.3 is 17.1 Å². The van der Waals surface area contributed by atoms with Crippen molar-refractivity contribution in [3.63, 3.8) is 0 Å². The maximum absolute atomic E-state index is 3.87. The average molecular weight is 156 g/mol. The van der Waals surface area contributed by atoms with Gasteiger partial charge in [0, 0.05) is 6.20 Å². The third-order valence-electron chi connectivity index (χ3n) is 0.726. The second kappa shape index (κ2) is 3.53. The van der Waals surface area contributed by atoms with Crippen molar-refractivity contribution >= 4 is 0 Å². The second-order valence-electron chi connectivity index (χ2n) is 1.32. The summed E-state index contributed by atoms with van der Waals surface area (Å²) >= 11 is 0. The fourth-order valence-electron chi connectivity index (χ4n) is 0.398. The molecule has 1 rings (SSSR count). The molecule has 0 saturated carbocycles. The van der Waals surface area contributed by atoms with E-state index in [0.29, 0.717) is 0 Å². The molecular weight excluding hydrogens is 150 g/mol. The van der Waals surface area contributed by atoms with Crippen molar-refractivity contribution in [1.29, 1.82) is 0 Å². The molecule has 0 aliphatic rings. The summed E-state index contributed by atoms with van der Waals surface area (Å²) in [4.78, 5) is 3.87. The van der Waals surface area contributed by atoms with Gasteiger partial charge in [-0.15, -0.1) is 11.8 Å². The van der Waals surface area contributed by atoms with Gasteiger partial charge in [0.2, 0.25) is 0 Å². The van der Waals surface area contributed by atoms with Crippen molar-refractivity contribution in [3.8, 4) is 0 Å². The summed E-state index contributed by atoms with van der Waals surface area (Å²) < 4.78 is 0. The SMILES string of the molecule is [CH2-]c1ccccn1.[Cu+]. The Bertz CT molecular complexity index is 138. The van der Waals surface area contributed by atoms with Crippen LogP contribution in [0.5, 0.6) is 0 Å². The monoisotopic (exact) mass is 155 g/mol. The molecule has 0 unspecified atom stereocenters. The summed E-state index contributed by atoms with van der Waals surface area (Å²) in [5.41, 5.74) is 0.822. The molecule has 1 aromatic rings. The van der Waals surface area contributed by atoms with Crippen LogP contribution in [0.2, 0.25) is 0 Å². The zero-order chi connectivity index (χ0) is 5.11. The Hall–Kier alpha value is -0.461. The molecule has 46 valence electrons. The molecular formula is C6H6CuN. The van der Waals surface area contributed by atoms with Gasteiger partial charge in [0.1, 0.15) is 0 Å². The largest absolute Gasteiger partial charge is 1.00 e. The average Bonchev–Trinajstić information content (AvgIpc) is 1.69. The van der Waals surface area contributed by atoms with Gasteiger partial charge in [-0.05, 0) is 0 Å². The van der Waals surface area contributed by atoms with Crippen LogP contribution in [0.25, 0.3) is 0 Å². The minimum Gasteiger partial charge on any atom is -0.296 e. The molecule has 0 fully saturated rings. The first kappa shape index (κ1) is 7.54. The Kier molecular flexibility index (Phi) is 3.33. The van der Waals surface area contributed by atoms with Gasteiger partial charge in [-0.1, -0.05) is 6.07 Å². The summed E-state index contributed by atoms with van der Waals surface area (Å²) in [6.07, 6.45) is 1.72. The Labute approximate surface area is 59.6 Å². The van der Waals surface area contributed by atoms with Crippen molar-refractivity contribution in [2.45, 2.75) is 0 Å². The number of rotatable bonds is 0. The van der Waals surface area contributed by atoms with E-state index in [0.717, 1.165) is 5.69 Å². The van der Waals surface area contributed by atoms with E-state index in [4.69, 9.17) is 0 Å². The summed E-state index contributed by atoms with van der Waals surface area (Å²) in [5.74, 6) is 0. The van der Waals surface area contributed by atoms with E-state index in [1.807, 2.05) is 18.2 Å². The van der Waals surface area contributed by atoms with Gasteiger partial charge in [0.15, 0.2) is 0 Å². The van der Waals surface area contributed by atoms with E-state index < -0.39 is 0 Å². The summed E-state index contributed by atoms with van der Waals surface area (Å²) in [7, 11) is 0. The Morgan fingerprint density at radius 2 is 2.12 bits per heavy atom. The van der Waals surface area contributed by atoms with Crippen LogP contribution in [0, 0.1) is 6.92 Å². The topological polar surface area (TPSA) is 12.9 Å². The van der Waals surface area contributed by atoms with Crippen molar-refractivity contribution in [1.82, 2.24) is 4.98 Å². The van der Waals surface area contributed by atoms with E-state index in [1.54, 1.807) is 6.20 Å². The second-order valence-corrected chi connectivity index (χ2v) is 1.32. The molecule has 0 aliphatic carbocycles. The molecule has 0 amide bonds. The van der Waals surface area contributed by atoms with E-state index in [-0.39, 0.29) is 17.1 Å². The molecule has 1 aromatic heterocycles. The number of nitrogens with zero attached hydrogens (tertiary/aromatic N) is 1. The molecule has 0 radical (unpaired) electrons. The van der Waals surface area contributed by atoms with Crippen molar-refractivity contribution < 1.29 is 17.1 Å². The number of pyridine rings is 1. The van der Waals surface area contributed by atoms with Crippen LogP contribution in [0.1, 0.15) is 5.69 Å². The maximum atomic E-state index is 3.87. The molecule has 0 spiro atoms. The van der Waals surface area contributed by atoms with Crippen LogP contribution in [0.4, 0.5) is 0 Å². The zero-order valence-electron chi connectivity index (χ0n) is 4.27.